The molecular formula is C24H30ClN3O3S. The van der Waals surface area contributed by atoms with Crippen LogP contribution in [0.3, 0.4) is 0 Å². The largest absolute Gasteiger partial charge is 0.336 e. The summed E-state index contributed by atoms with van der Waals surface area (Å²) in [5, 5.41) is 0.726. The Bertz CT molecular complexity index is 1060. The summed E-state index contributed by atoms with van der Waals surface area (Å²) in [5.41, 5.74) is 2.48. The lowest BCUT2D eigenvalue weighted by molar-refractivity contribution is 0.0627. The van der Waals surface area contributed by atoms with Gasteiger partial charge in [0, 0.05) is 56.4 Å². The van der Waals surface area contributed by atoms with Crippen molar-refractivity contribution < 1.29 is 13.2 Å². The quantitative estimate of drug-likeness (QED) is 0.660. The van der Waals surface area contributed by atoms with Gasteiger partial charge < -0.3 is 4.90 Å². The van der Waals surface area contributed by atoms with E-state index >= 15 is 0 Å². The van der Waals surface area contributed by atoms with E-state index in [2.05, 4.69) is 4.90 Å². The molecule has 2 aliphatic rings. The molecule has 6 nitrogen and oxygen atoms in total. The number of benzene rings is 2. The van der Waals surface area contributed by atoms with E-state index < -0.39 is 10.0 Å². The first-order valence-corrected chi connectivity index (χ1v) is 13.0. The van der Waals surface area contributed by atoms with E-state index in [1.807, 2.05) is 36.1 Å². The minimum atomic E-state index is -3.57. The Morgan fingerprint density at radius 2 is 1.56 bits per heavy atom. The Labute approximate surface area is 195 Å². The van der Waals surface area contributed by atoms with E-state index in [-0.39, 0.29) is 10.8 Å². The summed E-state index contributed by atoms with van der Waals surface area (Å²) in [6.07, 6.45) is 2.84. The SMILES string of the molecule is Cc1ccc(S(=O)(=O)N2CCCCC2)cc1C(=O)N1CCN(Cc2ccc(Cl)cc2)CC1. The second kappa shape index (κ2) is 9.91. The molecule has 0 bridgehead atoms. The molecule has 0 aliphatic carbocycles. The lowest BCUT2D eigenvalue weighted by atomic mass is 10.1. The van der Waals surface area contributed by atoms with E-state index in [9.17, 15) is 13.2 Å². The molecule has 0 unspecified atom stereocenters. The summed E-state index contributed by atoms with van der Waals surface area (Å²) in [6.45, 7) is 6.58. The summed E-state index contributed by atoms with van der Waals surface area (Å²) in [4.78, 5) is 17.6. The van der Waals surface area contributed by atoms with Gasteiger partial charge in [0.2, 0.25) is 10.0 Å². The summed E-state index contributed by atoms with van der Waals surface area (Å²) in [6, 6.07) is 12.8. The smallest absolute Gasteiger partial charge is 0.254 e. The van der Waals surface area contributed by atoms with Gasteiger partial charge in [-0.2, -0.15) is 4.31 Å². The first-order chi connectivity index (χ1) is 15.3. The molecule has 0 N–H and O–H groups in total. The van der Waals surface area contributed by atoms with Crippen LogP contribution in [0.2, 0.25) is 5.02 Å². The Morgan fingerprint density at radius 3 is 2.22 bits per heavy atom. The molecule has 8 heteroatoms. The van der Waals surface area contributed by atoms with Crippen molar-refractivity contribution in [3.8, 4) is 0 Å². The van der Waals surface area contributed by atoms with E-state index in [0.717, 1.165) is 49.5 Å². The predicted molar refractivity (Wildman–Crippen MR) is 126 cm³/mol. The number of nitrogens with zero attached hydrogens (tertiary/aromatic N) is 3. The van der Waals surface area contributed by atoms with Crippen LogP contribution < -0.4 is 0 Å². The first-order valence-electron chi connectivity index (χ1n) is 11.2. The zero-order valence-corrected chi connectivity index (χ0v) is 20.0. The average molecular weight is 476 g/mol. The minimum Gasteiger partial charge on any atom is -0.336 e. The number of piperidine rings is 1. The number of aryl methyl sites for hydroxylation is 1. The number of rotatable bonds is 5. The number of hydrogen-bond donors (Lipinski definition) is 0. The summed E-state index contributed by atoms with van der Waals surface area (Å²) in [7, 11) is -3.57. The normalized spacial score (nSPS) is 18.6. The lowest BCUT2D eigenvalue weighted by Gasteiger charge is -2.35. The zero-order chi connectivity index (χ0) is 22.7. The van der Waals surface area contributed by atoms with Crippen LogP contribution >= 0.6 is 11.6 Å². The maximum atomic E-state index is 13.3. The molecule has 2 heterocycles. The number of amides is 1. The molecule has 0 radical (unpaired) electrons. The molecule has 0 atom stereocenters. The van der Waals surface area contributed by atoms with Gasteiger partial charge in [-0.1, -0.05) is 36.2 Å². The lowest BCUT2D eigenvalue weighted by Crippen LogP contribution is -2.48. The molecule has 2 aromatic carbocycles. The van der Waals surface area contributed by atoms with E-state index in [1.165, 1.54) is 5.56 Å². The second-order valence-electron chi connectivity index (χ2n) is 8.64. The monoisotopic (exact) mass is 475 g/mol. The van der Waals surface area contributed by atoms with Crippen LogP contribution in [0.5, 0.6) is 0 Å². The third kappa shape index (κ3) is 5.17. The average Bonchev–Trinajstić information content (AvgIpc) is 2.81. The van der Waals surface area contributed by atoms with Crippen LogP contribution in [0.1, 0.15) is 40.7 Å². The number of sulfonamides is 1. The maximum absolute atomic E-state index is 13.3. The topological polar surface area (TPSA) is 60.9 Å². The molecule has 172 valence electrons. The Balaban J connectivity index is 1.43. The van der Waals surface area contributed by atoms with E-state index in [4.69, 9.17) is 11.6 Å². The highest BCUT2D eigenvalue weighted by Crippen LogP contribution is 2.24. The minimum absolute atomic E-state index is 0.0932. The van der Waals surface area contributed by atoms with Crippen LogP contribution in [0.25, 0.3) is 0 Å². The van der Waals surface area contributed by atoms with Gasteiger partial charge in [-0.05, 0) is 55.2 Å². The van der Waals surface area contributed by atoms with Gasteiger partial charge in [-0.3, -0.25) is 9.69 Å². The fraction of sp³-hybridized carbons (Fsp3) is 0.458. The van der Waals surface area contributed by atoms with Gasteiger partial charge in [0.1, 0.15) is 0 Å². The van der Waals surface area contributed by atoms with Crippen LogP contribution in [0.15, 0.2) is 47.4 Å². The van der Waals surface area contributed by atoms with Gasteiger partial charge in [-0.25, -0.2) is 8.42 Å². The molecule has 1 amide bonds. The Hall–Kier alpha value is -1.93. The van der Waals surface area contributed by atoms with Crippen molar-refractivity contribution in [2.45, 2.75) is 37.6 Å². The van der Waals surface area contributed by atoms with E-state index in [1.54, 1.807) is 22.5 Å². The molecule has 2 aromatic rings. The van der Waals surface area contributed by atoms with Crippen LogP contribution in [0, 0.1) is 6.92 Å². The summed E-state index contributed by atoms with van der Waals surface area (Å²) in [5.74, 6) is -0.0932. The van der Waals surface area contributed by atoms with Crippen molar-refractivity contribution in [2.75, 3.05) is 39.3 Å². The fourth-order valence-corrected chi connectivity index (χ4v) is 6.04. The van der Waals surface area contributed by atoms with Crippen molar-refractivity contribution >= 4 is 27.5 Å². The van der Waals surface area contributed by atoms with Crippen molar-refractivity contribution in [3.05, 3.63) is 64.2 Å². The van der Waals surface area contributed by atoms with Gasteiger partial charge in [0.05, 0.1) is 4.90 Å². The van der Waals surface area contributed by atoms with Crippen LogP contribution in [-0.4, -0.2) is 67.7 Å². The third-order valence-electron chi connectivity index (χ3n) is 6.37. The van der Waals surface area contributed by atoms with Crippen LogP contribution in [0.4, 0.5) is 0 Å². The van der Waals surface area contributed by atoms with Crippen LogP contribution in [-0.2, 0) is 16.6 Å². The standard InChI is InChI=1S/C24H30ClN3O3S/c1-19-5-10-22(32(30,31)28-11-3-2-4-12-28)17-23(19)24(29)27-15-13-26(14-16-27)18-20-6-8-21(25)9-7-20/h5-10,17H,2-4,11-16,18H2,1H3. The fourth-order valence-electron chi connectivity index (χ4n) is 4.37. The van der Waals surface area contributed by atoms with Gasteiger partial charge in [0.15, 0.2) is 0 Å². The summed E-state index contributed by atoms with van der Waals surface area (Å²) >= 11 is 5.96. The molecule has 2 fully saturated rings. The van der Waals surface area contributed by atoms with Crippen molar-refractivity contribution in [1.82, 2.24) is 14.1 Å². The highest BCUT2D eigenvalue weighted by Gasteiger charge is 2.29. The summed E-state index contributed by atoms with van der Waals surface area (Å²) < 4.78 is 27.7. The molecule has 32 heavy (non-hydrogen) atoms. The highest BCUT2D eigenvalue weighted by atomic mass is 35.5. The number of piperazine rings is 1. The van der Waals surface area contributed by atoms with Gasteiger partial charge in [-0.15, -0.1) is 0 Å². The maximum Gasteiger partial charge on any atom is 0.254 e. The van der Waals surface area contributed by atoms with Crippen molar-refractivity contribution in [2.24, 2.45) is 0 Å². The molecule has 2 aliphatic heterocycles. The number of hydrogen-bond acceptors (Lipinski definition) is 4. The molecule has 2 saturated heterocycles. The molecule has 4 rings (SSSR count). The third-order valence-corrected chi connectivity index (χ3v) is 8.52. The van der Waals surface area contributed by atoms with Crippen molar-refractivity contribution in [1.29, 1.82) is 0 Å². The zero-order valence-electron chi connectivity index (χ0n) is 18.5. The molecular weight excluding hydrogens is 446 g/mol. The second-order valence-corrected chi connectivity index (χ2v) is 11.0. The molecule has 0 spiro atoms. The highest BCUT2D eigenvalue weighted by molar-refractivity contribution is 7.89. The number of carbonyl (C=O) groups is 1. The number of carbonyl (C=O) groups excluding carboxylic acids is 1. The first kappa shape index (κ1) is 23.2. The van der Waals surface area contributed by atoms with Crippen molar-refractivity contribution in [3.63, 3.8) is 0 Å². The predicted octanol–water partition coefficient (Wildman–Crippen LogP) is 3.78. The van der Waals surface area contributed by atoms with Gasteiger partial charge >= 0.3 is 0 Å². The number of halogens is 1. The van der Waals surface area contributed by atoms with Gasteiger partial charge in [0.25, 0.3) is 5.91 Å². The molecule has 0 aromatic heterocycles. The Morgan fingerprint density at radius 1 is 0.906 bits per heavy atom. The Kier molecular flexibility index (Phi) is 7.20. The molecule has 0 saturated carbocycles. The van der Waals surface area contributed by atoms with E-state index in [0.29, 0.717) is 31.7 Å².